The van der Waals surface area contributed by atoms with E-state index in [2.05, 4.69) is 0 Å². The van der Waals surface area contributed by atoms with E-state index in [0.717, 1.165) is 11.1 Å². The van der Waals surface area contributed by atoms with Crippen molar-refractivity contribution in [2.75, 3.05) is 0 Å². The van der Waals surface area contributed by atoms with Crippen LogP contribution in [0.1, 0.15) is 24.5 Å². The summed E-state index contributed by atoms with van der Waals surface area (Å²) >= 11 is 0. The fourth-order valence-electron chi connectivity index (χ4n) is 2.45. The zero-order valence-electron chi connectivity index (χ0n) is 13.5. The highest BCUT2D eigenvalue weighted by Gasteiger charge is 2.21. The van der Waals surface area contributed by atoms with Gasteiger partial charge in [0.2, 0.25) is 7.37 Å². The van der Waals surface area contributed by atoms with Gasteiger partial charge in [-0.1, -0.05) is 67.6 Å². The van der Waals surface area contributed by atoms with E-state index in [9.17, 15) is 14.3 Å². The van der Waals surface area contributed by atoms with Crippen LogP contribution in [-0.2, 0) is 15.5 Å². The Balaban J connectivity index is 2.32. The first-order valence-electron chi connectivity index (χ1n) is 7.73. The average molecular weight is 344 g/mol. The predicted octanol–water partition coefficient (Wildman–Crippen LogP) is 4.61. The molecule has 0 saturated heterocycles. The maximum Gasteiger partial charge on any atom is 0.306 e. The molecule has 0 amide bonds. The van der Waals surface area contributed by atoms with Crippen LogP contribution >= 0.6 is 7.37 Å². The molecule has 0 aromatic heterocycles. The van der Waals surface area contributed by atoms with Crippen molar-refractivity contribution < 1.29 is 19.4 Å². The standard InChI is InChI=1S/C19H21O4P/c1-15(19(20)21)12-18(17-10-6-3-7-11-17)14-24(22,23)13-16-8-4-2-5-9-16/h2-11,14-15H,12-13H2,1H3,(H,20,21)(H,22,23)/b18-14+. The SMILES string of the molecule is CC(C/C(=C\P(=O)(O)Cc1ccccc1)c1ccccc1)C(=O)O. The van der Waals surface area contributed by atoms with E-state index in [-0.39, 0.29) is 12.6 Å². The van der Waals surface area contributed by atoms with Gasteiger partial charge in [-0.3, -0.25) is 9.36 Å². The Morgan fingerprint density at radius 3 is 2.17 bits per heavy atom. The molecule has 0 aliphatic rings. The van der Waals surface area contributed by atoms with E-state index < -0.39 is 19.3 Å². The Morgan fingerprint density at radius 1 is 1.08 bits per heavy atom. The summed E-state index contributed by atoms with van der Waals surface area (Å²) < 4.78 is 12.7. The highest BCUT2D eigenvalue weighted by Crippen LogP contribution is 2.49. The first-order chi connectivity index (χ1) is 11.4. The van der Waals surface area contributed by atoms with E-state index in [0.29, 0.717) is 5.57 Å². The van der Waals surface area contributed by atoms with Crippen molar-refractivity contribution in [3.05, 3.63) is 77.6 Å². The summed E-state index contributed by atoms with van der Waals surface area (Å²) in [5, 5.41) is 9.15. The number of hydrogen-bond acceptors (Lipinski definition) is 2. The number of hydrogen-bond donors (Lipinski definition) is 2. The van der Waals surface area contributed by atoms with Crippen molar-refractivity contribution in [1.82, 2.24) is 0 Å². The van der Waals surface area contributed by atoms with Gasteiger partial charge in [0.25, 0.3) is 0 Å². The number of carboxylic acids is 1. The molecule has 0 bridgehead atoms. The summed E-state index contributed by atoms with van der Waals surface area (Å²) in [6.45, 7) is 1.60. The summed E-state index contributed by atoms with van der Waals surface area (Å²) in [7, 11) is -3.58. The number of carbonyl (C=O) groups is 1. The van der Waals surface area contributed by atoms with Crippen molar-refractivity contribution in [1.29, 1.82) is 0 Å². The highest BCUT2D eigenvalue weighted by molar-refractivity contribution is 7.60. The van der Waals surface area contributed by atoms with Crippen molar-refractivity contribution in [2.45, 2.75) is 19.5 Å². The van der Waals surface area contributed by atoms with Crippen LogP contribution in [0.2, 0.25) is 0 Å². The molecule has 2 aromatic rings. The van der Waals surface area contributed by atoms with Gasteiger partial charge in [0, 0.05) is 5.82 Å². The lowest BCUT2D eigenvalue weighted by Gasteiger charge is -2.14. The summed E-state index contributed by atoms with van der Waals surface area (Å²) in [5.74, 6) is -0.199. The van der Waals surface area contributed by atoms with E-state index >= 15 is 0 Å². The lowest BCUT2D eigenvalue weighted by molar-refractivity contribution is -0.140. The molecular weight excluding hydrogens is 323 g/mol. The minimum atomic E-state index is -3.58. The first-order valence-corrected chi connectivity index (χ1v) is 9.64. The smallest absolute Gasteiger partial charge is 0.306 e. The molecule has 0 heterocycles. The molecule has 2 unspecified atom stereocenters. The number of rotatable bonds is 7. The molecule has 2 N–H and O–H groups in total. The molecule has 5 heteroatoms. The second kappa shape index (κ2) is 8.09. The van der Waals surface area contributed by atoms with Crippen molar-refractivity contribution in [2.24, 2.45) is 5.92 Å². The van der Waals surface area contributed by atoms with Crippen LogP contribution in [-0.4, -0.2) is 16.0 Å². The molecule has 2 atom stereocenters. The van der Waals surface area contributed by atoms with Gasteiger partial charge in [0.1, 0.15) is 0 Å². The predicted molar refractivity (Wildman–Crippen MR) is 95.8 cm³/mol. The third kappa shape index (κ3) is 5.48. The van der Waals surface area contributed by atoms with Gasteiger partial charge in [0.05, 0.1) is 12.1 Å². The zero-order chi connectivity index (χ0) is 17.6. The normalized spacial score (nSPS) is 15.5. The van der Waals surface area contributed by atoms with E-state index in [1.165, 1.54) is 5.82 Å². The van der Waals surface area contributed by atoms with Crippen molar-refractivity contribution in [3.63, 3.8) is 0 Å². The fraction of sp³-hybridized carbons (Fsp3) is 0.211. The van der Waals surface area contributed by atoms with Gasteiger partial charge in [-0.05, 0) is 23.1 Å². The van der Waals surface area contributed by atoms with Gasteiger partial charge in [-0.2, -0.15) is 0 Å². The van der Waals surface area contributed by atoms with Gasteiger partial charge in [0.15, 0.2) is 0 Å². The Labute approximate surface area is 141 Å². The van der Waals surface area contributed by atoms with Crippen molar-refractivity contribution >= 4 is 18.9 Å². The van der Waals surface area contributed by atoms with Crippen molar-refractivity contribution in [3.8, 4) is 0 Å². The van der Waals surface area contributed by atoms with Crippen LogP contribution in [0, 0.1) is 5.92 Å². The maximum atomic E-state index is 12.7. The summed E-state index contributed by atoms with van der Waals surface area (Å²) in [6.07, 6.45) is 0.240. The molecule has 126 valence electrons. The zero-order valence-corrected chi connectivity index (χ0v) is 14.4. The molecule has 2 rings (SSSR count). The minimum absolute atomic E-state index is 0.0334. The quantitative estimate of drug-likeness (QED) is 0.719. The molecular formula is C19H21O4P. The molecule has 0 radical (unpaired) electrons. The number of carboxylic acid groups (broad SMARTS) is 1. The largest absolute Gasteiger partial charge is 0.481 e. The third-order valence-electron chi connectivity index (χ3n) is 3.70. The Bertz CT molecular complexity index is 753. The molecule has 24 heavy (non-hydrogen) atoms. The van der Waals surface area contributed by atoms with Gasteiger partial charge in [-0.25, -0.2) is 0 Å². The third-order valence-corrected chi connectivity index (χ3v) is 5.24. The van der Waals surface area contributed by atoms with Gasteiger partial charge < -0.3 is 10.00 Å². The second-order valence-electron chi connectivity index (χ2n) is 5.86. The van der Waals surface area contributed by atoms with Crippen LogP contribution in [0.25, 0.3) is 5.57 Å². The lowest BCUT2D eigenvalue weighted by atomic mass is 9.97. The fourth-order valence-corrected chi connectivity index (χ4v) is 4.02. The van der Waals surface area contributed by atoms with Crippen LogP contribution in [0.15, 0.2) is 66.5 Å². The van der Waals surface area contributed by atoms with Gasteiger partial charge in [-0.15, -0.1) is 0 Å². The topological polar surface area (TPSA) is 74.6 Å². The second-order valence-corrected chi connectivity index (χ2v) is 7.95. The molecule has 0 spiro atoms. The lowest BCUT2D eigenvalue weighted by Crippen LogP contribution is -2.10. The summed E-state index contributed by atoms with van der Waals surface area (Å²) in [6, 6.07) is 18.3. The monoisotopic (exact) mass is 344 g/mol. The molecule has 0 aliphatic heterocycles. The van der Waals surface area contributed by atoms with E-state index in [4.69, 9.17) is 5.11 Å². The number of allylic oxidation sites excluding steroid dienone is 1. The molecule has 2 aromatic carbocycles. The number of benzene rings is 2. The summed E-state index contributed by atoms with van der Waals surface area (Å²) in [5.41, 5.74) is 2.14. The van der Waals surface area contributed by atoms with Crippen LogP contribution in [0.5, 0.6) is 0 Å². The summed E-state index contributed by atoms with van der Waals surface area (Å²) in [4.78, 5) is 21.5. The minimum Gasteiger partial charge on any atom is -0.481 e. The Morgan fingerprint density at radius 2 is 1.62 bits per heavy atom. The van der Waals surface area contributed by atoms with Crippen LogP contribution < -0.4 is 0 Å². The number of aliphatic carboxylic acids is 1. The van der Waals surface area contributed by atoms with Crippen LogP contribution in [0.4, 0.5) is 0 Å². The molecule has 0 fully saturated rings. The Kier molecular flexibility index (Phi) is 6.13. The van der Waals surface area contributed by atoms with Gasteiger partial charge >= 0.3 is 5.97 Å². The maximum absolute atomic E-state index is 12.7. The van der Waals surface area contributed by atoms with Crippen LogP contribution in [0.3, 0.4) is 0 Å². The highest BCUT2D eigenvalue weighted by atomic mass is 31.2. The van der Waals surface area contributed by atoms with E-state index in [1.807, 2.05) is 48.5 Å². The molecule has 0 aliphatic carbocycles. The first kappa shape index (κ1) is 18.2. The Hall–Kier alpha value is -2.16. The van der Waals surface area contributed by atoms with E-state index in [1.54, 1.807) is 19.1 Å². The molecule has 0 saturated carbocycles. The molecule has 4 nitrogen and oxygen atoms in total. The average Bonchev–Trinajstić information content (AvgIpc) is 2.55.